The van der Waals surface area contributed by atoms with Crippen LogP contribution >= 0.6 is 0 Å². The lowest BCUT2D eigenvalue weighted by molar-refractivity contribution is 0.247. The van der Waals surface area contributed by atoms with Crippen molar-refractivity contribution in [3.8, 4) is 0 Å². The van der Waals surface area contributed by atoms with Gasteiger partial charge in [0.25, 0.3) is 0 Å². The van der Waals surface area contributed by atoms with Crippen LogP contribution in [0.1, 0.15) is 25.2 Å². The second kappa shape index (κ2) is 3.63. The molecule has 68 valence electrons. The first-order valence-electron chi connectivity index (χ1n) is 4.10. The van der Waals surface area contributed by atoms with Gasteiger partial charge in [0.05, 0.1) is 0 Å². The van der Waals surface area contributed by atoms with Crippen LogP contribution in [0.15, 0.2) is 10.5 Å². The maximum atomic E-state index is 8.84. The Morgan fingerprint density at radius 2 is 2.25 bits per heavy atom. The number of aliphatic hydroxyl groups is 1. The number of aliphatic hydroxyl groups excluding tert-OH is 1. The molecule has 0 radical (unpaired) electrons. The van der Waals surface area contributed by atoms with E-state index in [0.29, 0.717) is 11.8 Å². The van der Waals surface area contributed by atoms with Gasteiger partial charge in [0.2, 0.25) is 0 Å². The van der Waals surface area contributed by atoms with Gasteiger partial charge in [-0.25, -0.2) is 0 Å². The molecule has 1 aromatic heterocycles. The molecule has 3 heteroatoms. The fourth-order valence-electron chi connectivity index (χ4n) is 1.03. The summed E-state index contributed by atoms with van der Waals surface area (Å²) >= 11 is 0. The molecule has 0 bridgehead atoms. The molecule has 0 aliphatic carbocycles. The molecule has 0 saturated heterocycles. The van der Waals surface area contributed by atoms with E-state index in [4.69, 9.17) is 9.52 Å². The lowest BCUT2D eigenvalue weighted by Crippen LogP contribution is -2.08. The highest BCUT2D eigenvalue weighted by Crippen LogP contribution is 2.19. The third kappa shape index (κ3) is 2.01. The summed E-state index contributed by atoms with van der Waals surface area (Å²) in [5, 5.41) is 12.0. The zero-order chi connectivity index (χ0) is 9.14. The maximum absolute atomic E-state index is 8.84. The average Bonchev–Trinajstić information content (AvgIpc) is 2.29. The van der Waals surface area contributed by atoms with Gasteiger partial charge in [0, 0.05) is 12.1 Å². The predicted molar refractivity (Wildman–Crippen MR) is 48.1 cm³/mol. The smallest absolute Gasteiger partial charge is 0.193 e. The highest BCUT2D eigenvalue weighted by molar-refractivity contribution is 5.38. The molecule has 0 unspecified atom stereocenters. The first-order valence-corrected chi connectivity index (χ1v) is 4.10. The fourth-order valence-corrected chi connectivity index (χ4v) is 1.03. The Bertz CT molecular complexity index is 253. The molecule has 0 aliphatic heterocycles. The van der Waals surface area contributed by atoms with Crippen molar-refractivity contribution in [2.45, 2.75) is 33.4 Å². The molecule has 2 N–H and O–H groups in total. The van der Waals surface area contributed by atoms with Crippen LogP contribution in [0.3, 0.4) is 0 Å². The van der Waals surface area contributed by atoms with E-state index >= 15 is 0 Å². The van der Waals surface area contributed by atoms with Crippen molar-refractivity contribution < 1.29 is 9.52 Å². The molecule has 0 amide bonds. The van der Waals surface area contributed by atoms with Gasteiger partial charge in [-0.1, -0.05) is 0 Å². The fraction of sp³-hybridized carbons (Fsp3) is 0.556. The number of aryl methyl sites for hydroxylation is 1. The van der Waals surface area contributed by atoms with Gasteiger partial charge in [0.15, 0.2) is 5.88 Å². The SMILES string of the molecule is Cc1cc(NC(C)C)oc1CO. The van der Waals surface area contributed by atoms with E-state index in [-0.39, 0.29) is 6.61 Å². The van der Waals surface area contributed by atoms with Crippen molar-refractivity contribution in [2.75, 3.05) is 5.32 Å². The van der Waals surface area contributed by atoms with Gasteiger partial charge in [-0.15, -0.1) is 0 Å². The van der Waals surface area contributed by atoms with Gasteiger partial charge in [-0.05, 0) is 26.3 Å². The van der Waals surface area contributed by atoms with Crippen LogP contribution in [0.2, 0.25) is 0 Å². The van der Waals surface area contributed by atoms with Crippen molar-refractivity contribution >= 4 is 5.88 Å². The summed E-state index contributed by atoms with van der Waals surface area (Å²) in [4.78, 5) is 0. The third-order valence-corrected chi connectivity index (χ3v) is 1.60. The number of anilines is 1. The monoisotopic (exact) mass is 169 g/mol. The first kappa shape index (κ1) is 9.13. The van der Waals surface area contributed by atoms with E-state index in [2.05, 4.69) is 5.32 Å². The summed E-state index contributed by atoms with van der Waals surface area (Å²) < 4.78 is 5.31. The number of rotatable bonds is 3. The standard InChI is InChI=1S/C9H15NO2/c1-6(2)10-9-4-7(3)8(5-11)12-9/h4,6,10-11H,5H2,1-3H3. The van der Waals surface area contributed by atoms with Crippen molar-refractivity contribution in [1.29, 1.82) is 0 Å². The number of hydrogen-bond acceptors (Lipinski definition) is 3. The zero-order valence-corrected chi connectivity index (χ0v) is 7.72. The lowest BCUT2D eigenvalue weighted by Gasteiger charge is -2.04. The molecule has 0 atom stereocenters. The molecule has 1 heterocycles. The maximum Gasteiger partial charge on any atom is 0.193 e. The Kier molecular flexibility index (Phi) is 2.76. The topological polar surface area (TPSA) is 45.4 Å². The molecule has 12 heavy (non-hydrogen) atoms. The van der Waals surface area contributed by atoms with E-state index in [1.165, 1.54) is 0 Å². The Hall–Kier alpha value is -0.960. The molecule has 1 aromatic rings. The van der Waals surface area contributed by atoms with Crippen LogP contribution in [0.5, 0.6) is 0 Å². The Labute approximate surface area is 72.4 Å². The number of nitrogens with one attached hydrogen (secondary N) is 1. The molecule has 0 saturated carbocycles. The van der Waals surface area contributed by atoms with E-state index < -0.39 is 0 Å². The Morgan fingerprint density at radius 1 is 1.58 bits per heavy atom. The van der Waals surface area contributed by atoms with Crippen LogP contribution < -0.4 is 5.32 Å². The minimum Gasteiger partial charge on any atom is -0.443 e. The average molecular weight is 169 g/mol. The molecular weight excluding hydrogens is 154 g/mol. The third-order valence-electron chi connectivity index (χ3n) is 1.60. The van der Waals surface area contributed by atoms with E-state index in [9.17, 15) is 0 Å². The minimum absolute atomic E-state index is 0.0361. The predicted octanol–water partition coefficient (Wildman–Crippen LogP) is 1.90. The normalized spacial score (nSPS) is 10.8. The van der Waals surface area contributed by atoms with Crippen LogP contribution in [-0.2, 0) is 6.61 Å². The molecular formula is C9H15NO2. The van der Waals surface area contributed by atoms with Crippen LogP contribution in [0.25, 0.3) is 0 Å². The van der Waals surface area contributed by atoms with Crippen LogP contribution in [-0.4, -0.2) is 11.1 Å². The van der Waals surface area contributed by atoms with E-state index in [1.807, 2.05) is 26.8 Å². The number of furan rings is 1. The summed E-state index contributed by atoms with van der Waals surface area (Å²) in [5.41, 5.74) is 0.987. The lowest BCUT2D eigenvalue weighted by atomic mass is 10.3. The van der Waals surface area contributed by atoms with E-state index in [0.717, 1.165) is 11.4 Å². The number of hydrogen-bond donors (Lipinski definition) is 2. The van der Waals surface area contributed by atoms with Crippen LogP contribution in [0.4, 0.5) is 5.88 Å². The Balaban J connectivity index is 2.75. The van der Waals surface area contributed by atoms with Crippen LogP contribution in [0, 0.1) is 6.92 Å². The molecule has 0 aromatic carbocycles. The van der Waals surface area contributed by atoms with E-state index in [1.54, 1.807) is 0 Å². The van der Waals surface area contributed by atoms with Gasteiger partial charge >= 0.3 is 0 Å². The summed E-state index contributed by atoms with van der Waals surface area (Å²) in [6.45, 7) is 5.96. The van der Waals surface area contributed by atoms with Gasteiger partial charge in [0.1, 0.15) is 12.4 Å². The van der Waals surface area contributed by atoms with Gasteiger partial charge in [-0.2, -0.15) is 0 Å². The Morgan fingerprint density at radius 3 is 2.67 bits per heavy atom. The second-order valence-electron chi connectivity index (χ2n) is 3.17. The highest BCUT2D eigenvalue weighted by atomic mass is 16.4. The van der Waals surface area contributed by atoms with Crippen molar-refractivity contribution in [2.24, 2.45) is 0 Å². The molecule has 3 nitrogen and oxygen atoms in total. The summed E-state index contributed by atoms with van der Waals surface area (Å²) in [7, 11) is 0. The molecule has 1 rings (SSSR count). The summed E-state index contributed by atoms with van der Waals surface area (Å²) in [6.07, 6.45) is 0. The summed E-state index contributed by atoms with van der Waals surface area (Å²) in [6, 6.07) is 2.24. The second-order valence-corrected chi connectivity index (χ2v) is 3.17. The molecule has 0 fully saturated rings. The van der Waals surface area contributed by atoms with Gasteiger partial charge in [-0.3, -0.25) is 0 Å². The minimum atomic E-state index is -0.0361. The zero-order valence-electron chi connectivity index (χ0n) is 7.72. The largest absolute Gasteiger partial charge is 0.443 e. The highest BCUT2D eigenvalue weighted by Gasteiger charge is 2.06. The van der Waals surface area contributed by atoms with Gasteiger partial charge < -0.3 is 14.8 Å². The quantitative estimate of drug-likeness (QED) is 0.726. The molecule has 0 spiro atoms. The molecule has 0 aliphatic rings. The van der Waals surface area contributed by atoms with Crippen molar-refractivity contribution in [3.63, 3.8) is 0 Å². The van der Waals surface area contributed by atoms with Crippen molar-refractivity contribution in [1.82, 2.24) is 0 Å². The van der Waals surface area contributed by atoms with Crippen molar-refractivity contribution in [3.05, 3.63) is 17.4 Å². The summed E-state index contributed by atoms with van der Waals surface area (Å²) in [5.74, 6) is 1.37. The first-order chi connectivity index (χ1) is 5.63.